The second-order valence-electron chi connectivity index (χ2n) is 4.96. The Bertz CT molecular complexity index is 190. The van der Waals surface area contributed by atoms with Crippen LogP contribution in [0.4, 0.5) is 0 Å². The van der Waals surface area contributed by atoms with E-state index in [9.17, 15) is 0 Å². The highest BCUT2D eigenvalue weighted by Gasteiger charge is 2.56. The van der Waals surface area contributed by atoms with E-state index in [-0.39, 0.29) is 0 Å². The van der Waals surface area contributed by atoms with Crippen LogP contribution in [0.3, 0.4) is 0 Å². The molecule has 2 saturated carbocycles. The zero-order valence-corrected chi connectivity index (χ0v) is 9.22. The second kappa shape index (κ2) is 3.16. The predicted molar refractivity (Wildman–Crippen MR) is 58.1 cm³/mol. The van der Waals surface area contributed by atoms with Gasteiger partial charge in [-0.3, -0.25) is 4.90 Å². The largest absolute Gasteiger partial charge is 0.300 e. The van der Waals surface area contributed by atoms with E-state index in [1.807, 2.05) is 11.8 Å². The van der Waals surface area contributed by atoms with Crippen LogP contribution in [0.15, 0.2) is 0 Å². The van der Waals surface area contributed by atoms with Crippen LogP contribution in [-0.4, -0.2) is 36.0 Å². The highest BCUT2D eigenvalue weighted by molar-refractivity contribution is 7.98. The fraction of sp³-hybridized carbons (Fsp3) is 1.00. The molecule has 1 saturated heterocycles. The van der Waals surface area contributed by atoms with Gasteiger partial charge in [-0.1, -0.05) is 0 Å². The van der Waals surface area contributed by atoms with E-state index in [4.69, 9.17) is 0 Å². The molecule has 0 aromatic carbocycles. The number of likely N-dealkylation sites (tertiary alicyclic amines) is 1. The summed E-state index contributed by atoms with van der Waals surface area (Å²) >= 11 is 2.01. The second-order valence-corrected chi connectivity index (χ2v) is 5.94. The Balaban J connectivity index is 1.45. The van der Waals surface area contributed by atoms with Gasteiger partial charge in [0.25, 0.3) is 0 Å². The summed E-state index contributed by atoms with van der Waals surface area (Å²) in [7, 11) is 0. The number of piperidine rings is 1. The summed E-state index contributed by atoms with van der Waals surface area (Å²) in [6, 6.07) is 1.02. The zero-order valence-electron chi connectivity index (χ0n) is 8.41. The first-order chi connectivity index (χ1) is 6.40. The Kier molecular flexibility index (Phi) is 2.09. The van der Waals surface area contributed by atoms with E-state index in [1.54, 1.807) is 0 Å². The predicted octanol–water partition coefficient (Wildman–Crippen LogP) is 2.08. The Morgan fingerprint density at radius 1 is 1.23 bits per heavy atom. The molecule has 2 atom stereocenters. The van der Waals surface area contributed by atoms with Crippen molar-refractivity contribution >= 4 is 11.8 Å². The van der Waals surface area contributed by atoms with Crippen molar-refractivity contribution in [2.75, 3.05) is 25.1 Å². The molecule has 74 valence electrons. The summed E-state index contributed by atoms with van der Waals surface area (Å²) in [6.45, 7) is 2.91. The molecule has 0 aromatic rings. The van der Waals surface area contributed by atoms with Crippen molar-refractivity contribution < 1.29 is 0 Å². The van der Waals surface area contributed by atoms with Crippen LogP contribution in [0, 0.1) is 17.8 Å². The first-order valence-corrected chi connectivity index (χ1v) is 7.02. The average Bonchev–Trinajstić information content (AvgIpc) is 3.04. The topological polar surface area (TPSA) is 3.24 Å². The molecular formula is C11H19NS. The highest BCUT2D eigenvalue weighted by atomic mass is 32.2. The molecule has 0 aromatic heterocycles. The van der Waals surface area contributed by atoms with E-state index in [1.165, 1.54) is 38.1 Å². The fourth-order valence-corrected chi connectivity index (χ4v) is 3.61. The maximum atomic E-state index is 2.75. The maximum absolute atomic E-state index is 2.75. The summed E-state index contributed by atoms with van der Waals surface area (Å²) in [4.78, 5) is 2.75. The number of fused-ring (bicyclic) bond motifs is 1. The summed E-state index contributed by atoms with van der Waals surface area (Å²) in [6.07, 6.45) is 6.72. The van der Waals surface area contributed by atoms with Crippen molar-refractivity contribution in [2.24, 2.45) is 17.8 Å². The standard InChI is InChI=1S/C11H19NS/c1-13-5-4-9-10-6-12(7-11(9)10)8-2-3-8/h8-11H,2-7H2,1H3. The smallest absolute Gasteiger partial charge is 0.00966 e. The third kappa shape index (κ3) is 1.52. The number of thioether (sulfide) groups is 1. The summed E-state index contributed by atoms with van der Waals surface area (Å²) in [5, 5.41) is 0. The normalized spacial score (nSPS) is 43.6. The molecule has 0 amide bonds. The molecular weight excluding hydrogens is 178 g/mol. The third-order valence-corrected chi connectivity index (χ3v) is 4.76. The Morgan fingerprint density at radius 2 is 1.92 bits per heavy atom. The van der Waals surface area contributed by atoms with Gasteiger partial charge in [-0.2, -0.15) is 11.8 Å². The Labute approximate surface area is 85.3 Å². The minimum absolute atomic E-state index is 1.02. The minimum Gasteiger partial charge on any atom is -0.300 e. The van der Waals surface area contributed by atoms with Gasteiger partial charge in [0.05, 0.1) is 0 Å². The third-order valence-electron chi connectivity index (χ3n) is 4.12. The molecule has 1 nitrogen and oxygen atoms in total. The van der Waals surface area contributed by atoms with Crippen molar-refractivity contribution in [3.8, 4) is 0 Å². The fourth-order valence-electron chi connectivity index (χ4n) is 3.10. The molecule has 3 aliphatic rings. The summed E-state index contributed by atoms with van der Waals surface area (Å²) in [5.74, 6) is 4.75. The zero-order chi connectivity index (χ0) is 8.84. The quantitative estimate of drug-likeness (QED) is 0.679. The summed E-state index contributed by atoms with van der Waals surface area (Å²) < 4.78 is 0. The SMILES string of the molecule is CSCCC1C2CN(C3CC3)CC12. The number of nitrogens with zero attached hydrogens (tertiary/aromatic N) is 1. The van der Waals surface area contributed by atoms with Crippen LogP contribution in [0.25, 0.3) is 0 Å². The first kappa shape index (κ1) is 8.60. The van der Waals surface area contributed by atoms with Gasteiger partial charge in [-0.15, -0.1) is 0 Å². The highest BCUT2D eigenvalue weighted by Crippen LogP contribution is 2.55. The Morgan fingerprint density at radius 3 is 2.46 bits per heavy atom. The molecule has 1 heterocycles. The molecule has 0 bridgehead atoms. The van der Waals surface area contributed by atoms with Crippen molar-refractivity contribution in [1.29, 1.82) is 0 Å². The van der Waals surface area contributed by atoms with Crippen LogP contribution in [0.2, 0.25) is 0 Å². The minimum atomic E-state index is 1.02. The lowest BCUT2D eigenvalue weighted by Gasteiger charge is -2.18. The van der Waals surface area contributed by atoms with Crippen LogP contribution in [-0.2, 0) is 0 Å². The molecule has 0 radical (unpaired) electrons. The maximum Gasteiger partial charge on any atom is 0.00966 e. The molecule has 0 spiro atoms. The van der Waals surface area contributed by atoms with Gasteiger partial charge in [-0.25, -0.2) is 0 Å². The van der Waals surface area contributed by atoms with E-state index in [2.05, 4.69) is 11.2 Å². The van der Waals surface area contributed by atoms with Crippen molar-refractivity contribution in [1.82, 2.24) is 4.90 Å². The van der Waals surface area contributed by atoms with Gasteiger partial charge < -0.3 is 0 Å². The number of hydrogen-bond acceptors (Lipinski definition) is 2. The lowest BCUT2D eigenvalue weighted by molar-refractivity contribution is 0.274. The monoisotopic (exact) mass is 197 g/mol. The average molecular weight is 197 g/mol. The van der Waals surface area contributed by atoms with Crippen LogP contribution < -0.4 is 0 Å². The van der Waals surface area contributed by atoms with Gasteiger partial charge in [0.2, 0.25) is 0 Å². The molecule has 3 rings (SSSR count). The lowest BCUT2D eigenvalue weighted by Crippen LogP contribution is -2.26. The van der Waals surface area contributed by atoms with Gasteiger partial charge in [0, 0.05) is 19.1 Å². The first-order valence-electron chi connectivity index (χ1n) is 5.63. The molecule has 2 aliphatic carbocycles. The van der Waals surface area contributed by atoms with Gasteiger partial charge in [0.1, 0.15) is 0 Å². The van der Waals surface area contributed by atoms with Gasteiger partial charge in [0.15, 0.2) is 0 Å². The molecule has 2 unspecified atom stereocenters. The number of rotatable bonds is 4. The van der Waals surface area contributed by atoms with Crippen LogP contribution in [0.5, 0.6) is 0 Å². The molecule has 2 heteroatoms. The van der Waals surface area contributed by atoms with Crippen LogP contribution >= 0.6 is 11.8 Å². The molecule has 13 heavy (non-hydrogen) atoms. The van der Waals surface area contributed by atoms with Crippen molar-refractivity contribution in [3.05, 3.63) is 0 Å². The van der Waals surface area contributed by atoms with E-state index < -0.39 is 0 Å². The van der Waals surface area contributed by atoms with Gasteiger partial charge >= 0.3 is 0 Å². The molecule has 0 N–H and O–H groups in total. The van der Waals surface area contributed by atoms with Crippen molar-refractivity contribution in [3.63, 3.8) is 0 Å². The van der Waals surface area contributed by atoms with Crippen molar-refractivity contribution in [2.45, 2.75) is 25.3 Å². The molecule has 1 aliphatic heterocycles. The summed E-state index contributed by atoms with van der Waals surface area (Å²) in [5.41, 5.74) is 0. The van der Waals surface area contributed by atoms with Crippen LogP contribution in [0.1, 0.15) is 19.3 Å². The van der Waals surface area contributed by atoms with E-state index >= 15 is 0 Å². The number of hydrogen-bond donors (Lipinski definition) is 0. The van der Waals surface area contributed by atoms with E-state index in [0.29, 0.717) is 0 Å². The lowest BCUT2D eigenvalue weighted by atomic mass is 10.2. The Hall–Kier alpha value is 0.310. The molecule has 3 fully saturated rings. The van der Waals surface area contributed by atoms with E-state index in [0.717, 1.165) is 23.8 Å². The van der Waals surface area contributed by atoms with Gasteiger partial charge in [-0.05, 0) is 49.0 Å².